The third-order valence-corrected chi connectivity index (χ3v) is 5.03. The van der Waals surface area contributed by atoms with Crippen LogP contribution in [0.3, 0.4) is 0 Å². The van der Waals surface area contributed by atoms with E-state index in [2.05, 4.69) is 15.9 Å². The number of amides is 1. The largest absolute Gasteiger partial charge is 0.493 e. The molecule has 1 unspecified atom stereocenters. The van der Waals surface area contributed by atoms with Gasteiger partial charge in [0.25, 0.3) is 0 Å². The molecule has 1 saturated heterocycles. The predicted octanol–water partition coefficient (Wildman–Crippen LogP) is 2.81. The lowest BCUT2D eigenvalue weighted by Crippen LogP contribution is -2.43. The Morgan fingerprint density at radius 2 is 1.92 bits per heavy atom. The van der Waals surface area contributed by atoms with Crippen LogP contribution in [0.5, 0.6) is 11.5 Å². The van der Waals surface area contributed by atoms with Crippen LogP contribution in [0, 0.1) is 5.92 Å². The van der Waals surface area contributed by atoms with Gasteiger partial charge in [0.15, 0.2) is 11.5 Å². The molecule has 1 atom stereocenters. The van der Waals surface area contributed by atoms with Crippen LogP contribution in [0.2, 0.25) is 0 Å². The van der Waals surface area contributed by atoms with E-state index >= 15 is 0 Å². The fourth-order valence-electron chi connectivity index (χ4n) is 2.96. The van der Waals surface area contributed by atoms with Crippen molar-refractivity contribution in [3.63, 3.8) is 0 Å². The summed E-state index contributed by atoms with van der Waals surface area (Å²) in [5.74, 6) is 0.725. The van der Waals surface area contributed by atoms with Crippen LogP contribution in [0.25, 0.3) is 0 Å². The predicted molar refractivity (Wildman–Crippen MR) is 96.9 cm³/mol. The number of piperidine rings is 1. The van der Waals surface area contributed by atoms with Gasteiger partial charge in [-0.2, -0.15) is 0 Å². The van der Waals surface area contributed by atoms with Crippen LogP contribution in [-0.2, 0) is 20.7 Å². The molecule has 0 bridgehead atoms. The van der Waals surface area contributed by atoms with Gasteiger partial charge < -0.3 is 19.1 Å². The average Bonchev–Trinajstić information content (AvgIpc) is 2.63. The molecule has 1 amide bonds. The number of hydrogen-bond acceptors (Lipinski definition) is 5. The SMILES string of the molecule is CCOC(=O)C1CCCN(C(=O)Cc2cc(OC)c(OC)cc2Br)C1. The van der Waals surface area contributed by atoms with Crippen LogP contribution in [0.1, 0.15) is 25.3 Å². The Bertz CT molecular complexity index is 634. The van der Waals surface area contributed by atoms with Crippen LogP contribution >= 0.6 is 15.9 Å². The summed E-state index contributed by atoms with van der Waals surface area (Å²) >= 11 is 3.48. The van der Waals surface area contributed by atoms with Crippen molar-refractivity contribution in [1.82, 2.24) is 4.90 Å². The zero-order chi connectivity index (χ0) is 18.4. The number of nitrogens with zero attached hydrogens (tertiary/aromatic N) is 1. The number of rotatable bonds is 6. The lowest BCUT2D eigenvalue weighted by atomic mass is 9.97. The lowest BCUT2D eigenvalue weighted by molar-refractivity contribution is -0.151. The minimum absolute atomic E-state index is 0.0121. The highest BCUT2D eigenvalue weighted by molar-refractivity contribution is 9.10. The molecule has 1 fully saturated rings. The van der Waals surface area contributed by atoms with Crippen molar-refractivity contribution >= 4 is 27.8 Å². The van der Waals surface area contributed by atoms with Crippen LogP contribution in [0.15, 0.2) is 16.6 Å². The second-order valence-electron chi connectivity index (χ2n) is 5.91. The maximum Gasteiger partial charge on any atom is 0.310 e. The van der Waals surface area contributed by atoms with Gasteiger partial charge in [0, 0.05) is 17.6 Å². The van der Waals surface area contributed by atoms with Gasteiger partial charge >= 0.3 is 5.97 Å². The Kier molecular flexibility index (Phi) is 7.11. The van der Waals surface area contributed by atoms with Crippen molar-refractivity contribution in [3.8, 4) is 11.5 Å². The highest BCUT2D eigenvalue weighted by Gasteiger charge is 2.29. The third-order valence-electron chi connectivity index (χ3n) is 4.29. The molecule has 1 aliphatic heterocycles. The average molecular weight is 414 g/mol. The molecule has 0 radical (unpaired) electrons. The first-order chi connectivity index (χ1) is 12.0. The fraction of sp³-hybridized carbons (Fsp3) is 0.556. The smallest absolute Gasteiger partial charge is 0.310 e. The van der Waals surface area contributed by atoms with Crippen molar-refractivity contribution in [3.05, 3.63) is 22.2 Å². The van der Waals surface area contributed by atoms with Crippen LogP contribution in [-0.4, -0.2) is 50.7 Å². The zero-order valence-corrected chi connectivity index (χ0v) is 16.4. The van der Waals surface area contributed by atoms with Gasteiger partial charge in [-0.3, -0.25) is 9.59 Å². The number of ether oxygens (including phenoxy) is 3. The van der Waals surface area contributed by atoms with Crippen molar-refractivity contribution in [2.75, 3.05) is 33.9 Å². The van der Waals surface area contributed by atoms with E-state index in [4.69, 9.17) is 14.2 Å². The lowest BCUT2D eigenvalue weighted by Gasteiger charge is -2.31. The molecule has 0 saturated carbocycles. The molecule has 138 valence electrons. The molecule has 25 heavy (non-hydrogen) atoms. The summed E-state index contributed by atoms with van der Waals surface area (Å²) in [5.41, 5.74) is 0.820. The van der Waals surface area contributed by atoms with E-state index in [-0.39, 0.29) is 24.2 Å². The Morgan fingerprint density at radius 3 is 2.56 bits per heavy atom. The Balaban J connectivity index is 2.07. The van der Waals surface area contributed by atoms with Crippen molar-refractivity contribution in [2.45, 2.75) is 26.2 Å². The number of carbonyl (C=O) groups excluding carboxylic acids is 2. The van der Waals surface area contributed by atoms with Gasteiger partial charge in [0.1, 0.15) is 0 Å². The van der Waals surface area contributed by atoms with E-state index in [9.17, 15) is 9.59 Å². The molecule has 0 N–H and O–H groups in total. The molecule has 2 rings (SSSR count). The summed E-state index contributed by atoms with van der Waals surface area (Å²) in [6.07, 6.45) is 1.81. The minimum Gasteiger partial charge on any atom is -0.493 e. The highest BCUT2D eigenvalue weighted by Crippen LogP contribution is 2.33. The summed E-state index contributed by atoms with van der Waals surface area (Å²) in [7, 11) is 3.13. The van der Waals surface area contributed by atoms with Gasteiger partial charge in [0.2, 0.25) is 5.91 Å². The normalized spacial score (nSPS) is 17.1. The standard InChI is InChI=1S/C18H24BrNO5/c1-4-25-18(22)12-6-5-7-20(11-12)17(21)9-13-8-15(23-2)16(24-3)10-14(13)19/h8,10,12H,4-7,9,11H2,1-3H3. The molecule has 0 aliphatic carbocycles. The summed E-state index contributed by atoms with van der Waals surface area (Å²) in [6, 6.07) is 3.59. The molecule has 1 heterocycles. The summed E-state index contributed by atoms with van der Waals surface area (Å²) in [6.45, 7) is 3.24. The van der Waals surface area contributed by atoms with Crippen molar-refractivity contribution in [2.24, 2.45) is 5.92 Å². The second kappa shape index (κ2) is 9.08. The number of esters is 1. The third kappa shape index (κ3) is 4.87. The number of hydrogen-bond donors (Lipinski definition) is 0. The maximum absolute atomic E-state index is 12.7. The summed E-state index contributed by atoms with van der Waals surface area (Å²) in [4.78, 5) is 26.4. The first kappa shape index (κ1) is 19.6. The van der Waals surface area contributed by atoms with Gasteiger partial charge in [-0.1, -0.05) is 15.9 Å². The van der Waals surface area contributed by atoms with E-state index in [1.165, 1.54) is 0 Å². The van der Waals surface area contributed by atoms with Gasteiger partial charge in [-0.05, 0) is 37.5 Å². The number of halogens is 1. The number of methoxy groups -OCH3 is 2. The molecular weight excluding hydrogens is 390 g/mol. The first-order valence-corrected chi connectivity index (χ1v) is 9.14. The van der Waals surface area contributed by atoms with E-state index in [1.54, 1.807) is 38.2 Å². The van der Waals surface area contributed by atoms with E-state index in [0.29, 0.717) is 31.2 Å². The Morgan fingerprint density at radius 1 is 1.24 bits per heavy atom. The van der Waals surface area contributed by atoms with Gasteiger partial charge in [-0.25, -0.2) is 0 Å². The number of benzene rings is 1. The topological polar surface area (TPSA) is 65.1 Å². The quantitative estimate of drug-likeness (QED) is 0.670. The summed E-state index contributed by atoms with van der Waals surface area (Å²) in [5, 5.41) is 0. The monoisotopic (exact) mass is 413 g/mol. The van der Waals surface area contributed by atoms with E-state index in [1.807, 2.05) is 0 Å². The van der Waals surface area contributed by atoms with Crippen LogP contribution in [0.4, 0.5) is 0 Å². The molecule has 7 heteroatoms. The number of carbonyl (C=O) groups is 2. The number of likely N-dealkylation sites (tertiary alicyclic amines) is 1. The molecular formula is C18H24BrNO5. The molecule has 6 nitrogen and oxygen atoms in total. The molecule has 0 aromatic heterocycles. The highest BCUT2D eigenvalue weighted by atomic mass is 79.9. The van der Waals surface area contributed by atoms with E-state index < -0.39 is 0 Å². The Hall–Kier alpha value is -1.76. The zero-order valence-electron chi connectivity index (χ0n) is 14.8. The molecule has 1 aliphatic rings. The minimum atomic E-state index is -0.230. The van der Waals surface area contributed by atoms with E-state index in [0.717, 1.165) is 22.9 Å². The molecule has 1 aromatic rings. The fourth-order valence-corrected chi connectivity index (χ4v) is 3.43. The molecule has 0 spiro atoms. The first-order valence-electron chi connectivity index (χ1n) is 8.34. The molecule has 1 aromatic carbocycles. The van der Waals surface area contributed by atoms with Gasteiger partial charge in [-0.15, -0.1) is 0 Å². The van der Waals surface area contributed by atoms with Crippen molar-refractivity contribution < 1.29 is 23.8 Å². The maximum atomic E-state index is 12.7. The van der Waals surface area contributed by atoms with Gasteiger partial charge in [0.05, 0.1) is 33.2 Å². The Labute approximate surface area is 156 Å². The second-order valence-corrected chi connectivity index (χ2v) is 6.76. The van der Waals surface area contributed by atoms with Crippen molar-refractivity contribution in [1.29, 1.82) is 0 Å². The van der Waals surface area contributed by atoms with Crippen LogP contribution < -0.4 is 9.47 Å². The summed E-state index contributed by atoms with van der Waals surface area (Å²) < 4.78 is 16.4.